The summed E-state index contributed by atoms with van der Waals surface area (Å²) in [6.45, 7) is 4.00. The van der Waals surface area contributed by atoms with Crippen molar-refractivity contribution >= 4 is 13.5 Å². The van der Waals surface area contributed by atoms with Gasteiger partial charge in [-0.25, -0.2) is 0 Å². The third-order valence-corrected chi connectivity index (χ3v) is 4.27. The van der Waals surface area contributed by atoms with E-state index in [0.717, 1.165) is 0 Å². The zero-order valence-corrected chi connectivity index (χ0v) is 11.5. The van der Waals surface area contributed by atoms with Crippen LogP contribution in [-0.2, 0) is 11.8 Å². The predicted molar refractivity (Wildman–Crippen MR) is 78.9 cm³/mol. The fourth-order valence-corrected chi connectivity index (χ4v) is 3.53. The Morgan fingerprint density at radius 1 is 1.00 bits per heavy atom. The van der Waals surface area contributed by atoms with Crippen LogP contribution >= 0.6 is 13.5 Å². The highest BCUT2D eigenvalue weighted by atomic mass is 32.1. The van der Waals surface area contributed by atoms with E-state index >= 15 is 0 Å². The van der Waals surface area contributed by atoms with E-state index in [-0.39, 0.29) is 13.5 Å². The molecule has 0 amide bonds. The number of allylic oxidation sites excluding steroid dienone is 4. The van der Waals surface area contributed by atoms with Crippen molar-refractivity contribution in [2.75, 3.05) is 0 Å². The summed E-state index contributed by atoms with van der Waals surface area (Å²) in [5.74, 6) is 0. The number of fused-ring (bicyclic) bond motifs is 1. The highest BCUT2D eigenvalue weighted by Crippen LogP contribution is 2.73. The smallest absolute Gasteiger partial charge is 0.0241 e. The van der Waals surface area contributed by atoms with E-state index in [2.05, 4.69) is 48.6 Å². The maximum atomic E-state index is 2.42. The van der Waals surface area contributed by atoms with Crippen molar-refractivity contribution in [2.45, 2.75) is 32.1 Å². The van der Waals surface area contributed by atoms with Gasteiger partial charge in [0.15, 0.2) is 0 Å². The van der Waals surface area contributed by atoms with Crippen LogP contribution in [-0.4, -0.2) is 0 Å². The third kappa shape index (κ3) is 1.38. The molecule has 1 fully saturated rings. The van der Waals surface area contributed by atoms with Crippen molar-refractivity contribution in [3.63, 3.8) is 0 Å². The Bertz CT molecular complexity index is 486. The molecule has 1 heteroatoms. The lowest BCUT2D eigenvalue weighted by Gasteiger charge is -2.14. The monoisotopic (exact) mass is 244 g/mol. The Labute approximate surface area is 111 Å². The molecule has 0 N–H and O–H groups in total. The maximum absolute atomic E-state index is 2.42. The largest absolute Gasteiger partial charge is 0.197 e. The molecule has 0 heterocycles. The van der Waals surface area contributed by atoms with Crippen LogP contribution in [0.1, 0.15) is 31.4 Å². The van der Waals surface area contributed by atoms with Gasteiger partial charge in [0.1, 0.15) is 0 Å². The lowest BCUT2D eigenvalue weighted by Crippen LogP contribution is -2.10. The summed E-state index contributed by atoms with van der Waals surface area (Å²) in [7, 11) is 0. The van der Waals surface area contributed by atoms with Gasteiger partial charge in [-0.05, 0) is 24.0 Å². The lowest BCUT2D eigenvalue weighted by atomic mass is 9.89. The first-order chi connectivity index (χ1) is 7.86. The summed E-state index contributed by atoms with van der Waals surface area (Å²) in [6, 6.07) is 8.94. The molecule has 0 radical (unpaired) electrons. The molecule has 17 heavy (non-hydrogen) atoms. The highest BCUT2D eigenvalue weighted by molar-refractivity contribution is 7.59. The van der Waals surface area contributed by atoms with Gasteiger partial charge in [-0.15, -0.1) is 0 Å². The van der Waals surface area contributed by atoms with Gasteiger partial charge in [0.05, 0.1) is 0 Å². The van der Waals surface area contributed by atoms with Crippen molar-refractivity contribution in [3.05, 3.63) is 59.7 Å². The minimum Gasteiger partial charge on any atom is -0.197 e. The first-order valence-electron chi connectivity index (χ1n) is 6.32. The molecule has 1 saturated carbocycles. The molecule has 0 saturated heterocycles. The minimum absolute atomic E-state index is 0. The van der Waals surface area contributed by atoms with Crippen LogP contribution in [0, 0.1) is 5.41 Å². The Kier molecular flexibility index (Phi) is 2.99. The number of benzene rings is 1. The normalized spacial score (nSPS) is 33.5. The quantitative estimate of drug-likeness (QED) is 0.643. The van der Waals surface area contributed by atoms with Gasteiger partial charge in [0.25, 0.3) is 0 Å². The maximum Gasteiger partial charge on any atom is 0.0241 e. The summed E-state index contributed by atoms with van der Waals surface area (Å²) in [5, 5.41) is 0. The van der Waals surface area contributed by atoms with Crippen LogP contribution in [0.4, 0.5) is 0 Å². The summed E-state index contributed by atoms with van der Waals surface area (Å²) in [5.41, 5.74) is 4.03. The molecule has 0 spiro atoms. The number of rotatable bonds is 0. The van der Waals surface area contributed by atoms with Gasteiger partial charge in [-0.1, -0.05) is 62.4 Å². The van der Waals surface area contributed by atoms with Crippen LogP contribution in [0.5, 0.6) is 0 Å². The van der Waals surface area contributed by atoms with Crippen LogP contribution in [0.15, 0.2) is 48.6 Å². The molecule has 1 aromatic carbocycles. The van der Waals surface area contributed by atoms with Crippen LogP contribution in [0.25, 0.3) is 0 Å². The summed E-state index contributed by atoms with van der Waals surface area (Å²) >= 11 is 0. The zero-order valence-electron chi connectivity index (χ0n) is 10.5. The third-order valence-electron chi connectivity index (χ3n) is 4.27. The van der Waals surface area contributed by atoms with Crippen molar-refractivity contribution in [3.8, 4) is 0 Å². The number of hydrogen-bond acceptors (Lipinski definition) is 0. The average molecular weight is 244 g/mol. The summed E-state index contributed by atoms with van der Waals surface area (Å²) < 4.78 is 0. The topological polar surface area (TPSA) is 0 Å². The van der Waals surface area contributed by atoms with E-state index in [1.165, 1.54) is 12.8 Å². The average Bonchev–Trinajstić information content (AvgIpc) is 2.94. The fourth-order valence-electron chi connectivity index (χ4n) is 3.53. The second-order valence-electron chi connectivity index (χ2n) is 4.86. The molecule has 3 aliphatic rings. The molecule has 4 rings (SSSR count). The first kappa shape index (κ1) is 12.5. The molecule has 1 aromatic rings. The van der Waals surface area contributed by atoms with Crippen molar-refractivity contribution in [1.29, 1.82) is 0 Å². The first-order valence-corrected chi connectivity index (χ1v) is 6.32. The van der Waals surface area contributed by atoms with E-state index in [9.17, 15) is 0 Å². The van der Waals surface area contributed by atoms with E-state index in [1.807, 2.05) is 13.8 Å². The summed E-state index contributed by atoms with van der Waals surface area (Å²) in [4.78, 5) is 0. The molecule has 0 aromatic heterocycles. The van der Waals surface area contributed by atoms with Gasteiger partial charge in [0.2, 0.25) is 0 Å². The number of hydrogen-bond donors (Lipinski definition) is 0. The van der Waals surface area contributed by atoms with Crippen molar-refractivity contribution < 1.29 is 0 Å². The van der Waals surface area contributed by atoms with E-state index in [4.69, 9.17) is 0 Å². The van der Waals surface area contributed by atoms with E-state index in [1.54, 1.807) is 11.1 Å². The molecular weight excluding hydrogens is 224 g/mol. The molecule has 90 valence electrons. The molecule has 2 atom stereocenters. The summed E-state index contributed by atoms with van der Waals surface area (Å²) in [6.07, 6.45) is 11.9. The Morgan fingerprint density at radius 3 is 2.53 bits per heavy atom. The standard InChI is InChI=1S/C14H12.C2H6.H2S/c1-2-6-12-11(5-1)9-13-7-3-4-8-14(12,13)10-13;1-2;/h1-8H,9-10H2;1-2H3;1H2. The Morgan fingerprint density at radius 2 is 1.71 bits per heavy atom. The molecule has 0 aliphatic heterocycles. The van der Waals surface area contributed by atoms with Crippen molar-refractivity contribution in [1.82, 2.24) is 0 Å². The second kappa shape index (κ2) is 4.06. The highest BCUT2D eigenvalue weighted by Gasteiger charge is 2.69. The van der Waals surface area contributed by atoms with Gasteiger partial charge >= 0.3 is 0 Å². The van der Waals surface area contributed by atoms with Gasteiger partial charge in [-0.2, -0.15) is 13.5 Å². The van der Waals surface area contributed by atoms with Gasteiger partial charge in [-0.3, -0.25) is 0 Å². The minimum atomic E-state index is 0. The molecule has 0 nitrogen and oxygen atoms in total. The molecular formula is C16H20S. The molecule has 2 unspecified atom stereocenters. The van der Waals surface area contributed by atoms with E-state index < -0.39 is 0 Å². The second-order valence-corrected chi connectivity index (χ2v) is 4.86. The Balaban J connectivity index is 0.000000344. The molecule has 3 aliphatic carbocycles. The Hall–Kier alpha value is -0.950. The van der Waals surface area contributed by atoms with Crippen LogP contribution in [0.2, 0.25) is 0 Å². The van der Waals surface area contributed by atoms with Crippen LogP contribution < -0.4 is 0 Å². The molecule has 0 bridgehead atoms. The lowest BCUT2D eigenvalue weighted by molar-refractivity contribution is 0.610. The SMILES string of the molecule is C1=CC23Cc4ccccc4C2(C=C1)C3.CC.S. The van der Waals surface area contributed by atoms with Crippen molar-refractivity contribution in [2.24, 2.45) is 5.41 Å². The van der Waals surface area contributed by atoms with Gasteiger partial charge in [0, 0.05) is 10.8 Å². The fraction of sp³-hybridized carbons (Fsp3) is 0.375. The van der Waals surface area contributed by atoms with Crippen LogP contribution in [0.3, 0.4) is 0 Å². The van der Waals surface area contributed by atoms with Gasteiger partial charge < -0.3 is 0 Å². The predicted octanol–water partition coefficient (Wildman–Crippen LogP) is 4.14. The van der Waals surface area contributed by atoms with E-state index in [0.29, 0.717) is 10.8 Å². The zero-order chi connectivity index (χ0) is 11.2.